The van der Waals surface area contributed by atoms with Crippen LogP contribution in [0.1, 0.15) is 10.5 Å². The Balaban J connectivity index is 1.54. The number of morpholine rings is 1. The highest BCUT2D eigenvalue weighted by Gasteiger charge is 2.20. The highest BCUT2D eigenvalue weighted by atomic mass is 16.5. The van der Waals surface area contributed by atoms with E-state index in [1.165, 1.54) is 6.26 Å². The zero-order valence-corrected chi connectivity index (χ0v) is 17.8. The minimum atomic E-state index is -0.375. The van der Waals surface area contributed by atoms with Gasteiger partial charge in [-0.05, 0) is 31.3 Å². The van der Waals surface area contributed by atoms with Gasteiger partial charge in [-0.2, -0.15) is 0 Å². The van der Waals surface area contributed by atoms with Gasteiger partial charge in [-0.25, -0.2) is 9.97 Å². The van der Waals surface area contributed by atoms with Crippen molar-refractivity contribution in [3.05, 3.63) is 48.5 Å². The van der Waals surface area contributed by atoms with E-state index in [9.17, 15) is 4.79 Å². The molecule has 1 saturated heterocycles. The number of nitrogens with one attached hydrogen (secondary N) is 2. The Morgan fingerprint density at radius 3 is 2.88 bits per heavy atom. The number of pyridine rings is 1. The molecule has 1 aliphatic heterocycles. The third-order valence-electron chi connectivity index (χ3n) is 4.95. The smallest absolute Gasteiger partial charge is 0.277 e. The van der Waals surface area contributed by atoms with Crippen molar-refractivity contribution < 1.29 is 18.7 Å². The van der Waals surface area contributed by atoms with Crippen LogP contribution >= 0.6 is 0 Å². The molecule has 0 spiro atoms. The normalized spacial score (nSPS) is 13.7. The first kappa shape index (κ1) is 21.6. The van der Waals surface area contributed by atoms with Crippen molar-refractivity contribution in [2.45, 2.75) is 0 Å². The van der Waals surface area contributed by atoms with E-state index < -0.39 is 0 Å². The number of carbonyl (C=O) groups is 1. The quantitative estimate of drug-likeness (QED) is 0.452. The minimum absolute atomic E-state index is 0.164. The monoisotopic (exact) mass is 438 g/mol. The second kappa shape index (κ2) is 10.1. The molecule has 1 amide bonds. The summed E-state index contributed by atoms with van der Waals surface area (Å²) in [5.41, 5.74) is 8.06. The third-order valence-corrected chi connectivity index (χ3v) is 4.95. The first-order valence-electron chi connectivity index (χ1n) is 10.4. The summed E-state index contributed by atoms with van der Waals surface area (Å²) in [6.07, 6.45) is 2.88. The number of aromatic nitrogens is 2. The molecule has 10 nitrogen and oxygen atoms in total. The van der Waals surface area contributed by atoms with Gasteiger partial charge in [-0.1, -0.05) is 0 Å². The Hall–Kier alpha value is -3.63. The molecule has 2 aromatic heterocycles. The van der Waals surface area contributed by atoms with Crippen LogP contribution in [0.3, 0.4) is 0 Å². The fourth-order valence-corrected chi connectivity index (χ4v) is 3.32. The number of amides is 1. The van der Waals surface area contributed by atoms with Crippen molar-refractivity contribution in [3.8, 4) is 17.2 Å². The summed E-state index contributed by atoms with van der Waals surface area (Å²) < 4.78 is 16.8. The lowest BCUT2D eigenvalue weighted by Crippen LogP contribution is -2.36. The maximum Gasteiger partial charge on any atom is 0.277 e. The Morgan fingerprint density at radius 1 is 1.25 bits per heavy atom. The molecule has 3 heterocycles. The fraction of sp³-hybridized carbons (Fsp3) is 0.318. The van der Waals surface area contributed by atoms with E-state index in [2.05, 4.69) is 25.5 Å². The van der Waals surface area contributed by atoms with Crippen LogP contribution in [0, 0.1) is 0 Å². The summed E-state index contributed by atoms with van der Waals surface area (Å²) in [6.45, 7) is 3.98. The second-order valence-corrected chi connectivity index (χ2v) is 7.19. The van der Waals surface area contributed by atoms with Gasteiger partial charge in [-0.3, -0.25) is 4.79 Å². The highest BCUT2D eigenvalue weighted by molar-refractivity contribution is 6.04. The molecule has 0 aliphatic carbocycles. The van der Waals surface area contributed by atoms with Crippen LogP contribution in [0.5, 0.6) is 5.75 Å². The first-order valence-corrected chi connectivity index (χ1v) is 10.4. The summed E-state index contributed by atoms with van der Waals surface area (Å²) in [6, 6.07) is 8.96. The number of nitrogens with zero attached hydrogens (tertiary/aromatic N) is 3. The molecule has 1 aliphatic rings. The molecule has 0 radical (unpaired) electrons. The van der Waals surface area contributed by atoms with Crippen molar-refractivity contribution in [2.24, 2.45) is 0 Å². The van der Waals surface area contributed by atoms with Crippen LogP contribution in [0.2, 0.25) is 0 Å². The first-order chi connectivity index (χ1) is 15.6. The molecule has 10 heteroatoms. The minimum Gasteiger partial charge on any atom is -0.492 e. The Labute approximate surface area is 185 Å². The lowest BCUT2D eigenvalue weighted by Gasteiger charge is -2.30. The van der Waals surface area contributed by atoms with Gasteiger partial charge in [0.25, 0.3) is 5.91 Å². The maximum atomic E-state index is 12.9. The number of likely N-dealkylation sites (N-methyl/N-ethyl adjacent to an activating group) is 1. The van der Waals surface area contributed by atoms with Crippen LogP contribution in [-0.2, 0) is 4.74 Å². The summed E-state index contributed by atoms with van der Waals surface area (Å²) in [5, 5.41) is 6.00. The second-order valence-electron chi connectivity index (χ2n) is 7.19. The molecule has 3 aromatic rings. The van der Waals surface area contributed by atoms with Crippen LogP contribution in [0.25, 0.3) is 11.5 Å². The van der Waals surface area contributed by atoms with Crippen LogP contribution in [0.4, 0.5) is 17.2 Å². The lowest BCUT2D eigenvalue weighted by atomic mass is 10.2. The van der Waals surface area contributed by atoms with Crippen molar-refractivity contribution in [2.75, 3.05) is 62.5 Å². The third kappa shape index (κ3) is 5.16. The van der Waals surface area contributed by atoms with Gasteiger partial charge in [0.2, 0.25) is 5.89 Å². The predicted molar refractivity (Wildman–Crippen MR) is 121 cm³/mol. The Kier molecular flexibility index (Phi) is 6.83. The van der Waals surface area contributed by atoms with E-state index in [-0.39, 0.29) is 11.6 Å². The molecule has 0 unspecified atom stereocenters. The van der Waals surface area contributed by atoms with E-state index in [1.54, 1.807) is 18.3 Å². The zero-order chi connectivity index (χ0) is 22.3. The number of carbonyl (C=O) groups excluding carboxylic acids is 1. The van der Waals surface area contributed by atoms with E-state index in [0.717, 1.165) is 31.1 Å². The topological polar surface area (TPSA) is 128 Å². The van der Waals surface area contributed by atoms with Gasteiger partial charge in [0, 0.05) is 37.5 Å². The largest absolute Gasteiger partial charge is 0.492 e. The van der Waals surface area contributed by atoms with Crippen LogP contribution in [0.15, 0.2) is 47.2 Å². The number of hydrogen-bond acceptors (Lipinski definition) is 9. The number of rotatable bonds is 8. The molecule has 0 atom stereocenters. The number of benzene rings is 1. The number of nitrogens with two attached hydrogens (primary N) is 1. The number of hydrogen-bond donors (Lipinski definition) is 3. The van der Waals surface area contributed by atoms with Gasteiger partial charge in [-0.15, -0.1) is 0 Å². The molecule has 32 heavy (non-hydrogen) atoms. The molecule has 0 bridgehead atoms. The zero-order valence-electron chi connectivity index (χ0n) is 17.8. The molecule has 0 saturated carbocycles. The number of oxazole rings is 1. The molecule has 168 valence electrons. The standard InChI is InChI=1S/C22H26N6O4/c1-24-6-9-31-16-2-3-17(19(13-16)28-7-10-30-11-8-28)26-21(29)18-14-32-22(27-18)15-4-5-25-20(23)12-15/h2-5,12-14,24H,6-11H2,1H3,(H2,23,25)(H,26,29). The van der Waals surface area contributed by atoms with Gasteiger partial charge >= 0.3 is 0 Å². The van der Waals surface area contributed by atoms with Crippen LogP contribution < -0.4 is 26.0 Å². The van der Waals surface area contributed by atoms with Crippen molar-refractivity contribution >= 4 is 23.1 Å². The molecule has 1 aromatic carbocycles. The molecule has 4 N–H and O–H groups in total. The molecule has 4 rings (SSSR count). The molecule has 1 fully saturated rings. The van der Waals surface area contributed by atoms with Crippen molar-refractivity contribution in [1.82, 2.24) is 15.3 Å². The Bertz CT molecular complexity index is 1060. The van der Waals surface area contributed by atoms with E-state index in [4.69, 9.17) is 19.6 Å². The van der Waals surface area contributed by atoms with E-state index >= 15 is 0 Å². The predicted octanol–water partition coefficient (Wildman–Crippen LogP) is 2.01. The number of anilines is 3. The summed E-state index contributed by atoms with van der Waals surface area (Å²) in [7, 11) is 1.88. The van der Waals surface area contributed by atoms with Crippen molar-refractivity contribution in [3.63, 3.8) is 0 Å². The molecular formula is C22H26N6O4. The maximum absolute atomic E-state index is 12.9. The van der Waals surface area contributed by atoms with Crippen LogP contribution in [-0.4, -0.2) is 62.4 Å². The summed E-state index contributed by atoms with van der Waals surface area (Å²) in [5.74, 6) is 1.00. The van der Waals surface area contributed by atoms with Gasteiger partial charge < -0.3 is 35.2 Å². The summed E-state index contributed by atoms with van der Waals surface area (Å²) >= 11 is 0. The number of nitrogen functional groups attached to an aromatic ring is 1. The lowest BCUT2D eigenvalue weighted by molar-refractivity contribution is 0.102. The SMILES string of the molecule is CNCCOc1ccc(NC(=O)c2coc(-c3ccnc(N)c3)n2)c(N2CCOCC2)c1. The van der Waals surface area contributed by atoms with E-state index in [0.29, 0.717) is 42.8 Å². The average molecular weight is 438 g/mol. The number of ether oxygens (including phenoxy) is 2. The Morgan fingerprint density at radius 2 is 2.09 bits per heavy atom. The van der Waals surface area contributed by atoms with Crippen molar-refractivity contribution in [1.29, 1.82) is 0 Å². The average Bonchev–Trinajstić information content (AvgIpc) is 3.31. The fourth-order valence-electron chi connectivity index (χ4n) is 3.32. The van der Waals surface area contributed by atoms with E-state index in [1.807, 2.05) is 25.2 Å². The van der Waals surface area contributed by atoms with Gasteiger partial charge in [0.1, 0.15) is 24.4 Å². The van der Waals surface area contributed by atoms with Gasteiger partial charge in [0.05, 0.1) is 24.6 Å². The molecular weight excluding hydrogens is 412 g/mol. The highest BCUT2D eigenvalue weighted by Crippen LogP contribution is 2.32. The summed E-state index contributed by atoms with van der Waals surface area (Å²) in [4.78, 5) is 23.3. The van der Waals surface area contributed by atoms with Gasteiger partial charge in [0.15, 0.2) is 5.69 Å².